The quantitative estimate of drug-likeness (QED) is 0.665. The van der Waals surface area contributed by atoms with Crippen LogP contribution < -0.4 is 9.47 Å². The number of benzene rings is 1. The van der Waals surface area contributed by atoms with E-state index in [1.807, 2.05) is 18.2 Å². The normalized spacial score (nSPS) is 15.9. The molecular weight excluding hydrogens is 248 g/mol. The molecule has 3 nitrogen and oxygen atoms in total. The molecule has 1 heterocycles. The fraction of sp³-hybridized carbons (Fsp3) is 0.455. The minimum Gasteiger partial charge on any atom is -0.486 e. The molecule has 1 aromatic carbocycles. The van der Waals surface area contributed by atoms with Crippen molar-refractivity contribution in [1.29, 1.82) is 0 Å². The lowest BCUT2D eigenvalue weighted by Gasteiger charge is -2.18. The summed E-state index contributed by atoms with van der Waals surface area (Å²) in [4.78, 5) is 1.05. The first kappa shape index (κ1) is 11.9. The van der Waals surface area contributed by atoms with E-state index in [0.717, 1.165) is 16.4 Å². The number of rotatable bonds is 4. The predicted molar refractivity (Wildman–Crippen MR) is 64.9 cm³/mol. The Morgan fingerprint density at radius 1 is 1.31 bits per heavy atom. The highest BCUT2D eigenvalue weighted by atomic mass is 35.5. The Bertz CT molecular complexity index is 359. The summed E-state index contributed by atoms with van der Waals surface area (Å²) in [6, 6.07) is 5.78. The molecule has 1 aromatic rings. The molecule has 1 N–H and O–H groups in total. The first-order valence-electron chi connectivity index (χ1n) is 5.06. The van der Waals surface area contributed by atoms with Gasteiger partial charge >= 0.3 is 0 Å². The summed E-state index contributed by atoms with van der Waals surface area (Å²) in [5.41, 5.74) is 0. The minimum atomic E-state index is -0.472. The van der Waals surface area contributed by atoms with Crippen molar-refractivity contribution in [1.82, 2.24) is 0 Å². The molecule has 2 rings (SSSR count). The SMILES string of the molecule is OC(CCl)CSc1ccc2c(c1)OCCO2. The molecule has 0 fully saturated rings. The van der Waals surface area contributed by atoms with Crippen LogP contribution in [0.25, 0.3) is 0 Å². The molecule has 5 heteroatoms. The summed E-state index contributed by atoms with van der Waals surface area (Å²) in [6.45, 7) is 1.19. The third kappa shape index (κ3) is 2.97. The van der Waals surface area contributed by atoms with Gasteiger partial charge in [-0.2, -0.15) is 0 Å². The number of aliphatic hydroxyl groups is 1. The summed E-state index contributed by atoms with van der Waals surface area (Å²) < 4.78 is 10.9. The van der Waals surface area contributed by atoms with Crippen molar-refractivity contribution in [3.8, 4) is 11.5 Å². The second-order valence-corrected chi connectivity index (χ2v) is 4.83. The highest BCUT2D eigenvalue weighted by molar-refractivity contribution is 7.99. The van der Waals surface area contributed by atoms with E-state index in [9.17, 15) is 5.11 Å². The lowest BCUT2D eigenvalue weighted by molar-refractivity contribution is 0.171. The van der Waals surface area contributed by atoms with E-state index in [0.29, 0.717) is 19.0 Å². The number of hydrogen-bond acceptors (Lipinski definition) is 4. The van der Waals surface area contributed by atoms with E-state index in [4.69, 9.17) is 21.1 Å². The monoisotopic (exact) mass is 260 g/mol. The van der Waals surface area contributed by atoms with Gasteiger partial charge in [0.1, 0.15) is 13.2 Å². The number of hydrogen-bond donors (Lipinski definition) is 1. The van der Waals surface area contributed by atoms with Gasteiger partial charge in [0.2, 0.25) is 0 Å². The van der Waals surface area contributed by atoms with Gasteiger partial charge < -0.3 is 14.6 Å². The number of thioether (sulfide) groups is 1. The number of aliphatic hydroxyl groups excluding tert-OH is 1. The van der Waals surface area contributed by atoms with E-state index in [-0.39, 0.29) is 5.88 Å². The van der Waals surface area contributed by atoms with Crippen LogP contribution >= 0.6 is 23.4 Å². The highest BCUT2D eigenvalue weighted by Gasteiger charge is 2.12. The molecule has 0 saturated heterocycles. The van der Waals surface area contributed by atoms with Crippen LogP contribution in [0.15, 0.2) is 23.1 Å². The van der Waals surface area contributed by atoms with E-state index in [1.54, 1.807) is 11.8 Å². The molecule has 1 aliphatic heterocycles. The van der Waals surface area contributed by atoms with Gasteiger partial charge in [0.05, 0.1) is 6.10 Å². The molecule has 0 bridgehead atoms. The maximum Gasteiger partial charge on any atom is 0.162 e. The van der Waals surface area contributed by atoms with Gasteiger partial charge in [-0.25, -0.2) is 0 Å². The number of halogens is 1. The van der Waals surface area contributed by atoms with E-state index in [1.165, 1.54) is 0 Å². The van der Waals surface area contributed by atoms with E-state index >= 15 is 0 Å². The zero-order chi connectivity index (χ0) is 11.4. The van der Waals surface area contributed by atoms with Gasteiger partial charge in [0.15, 0.2) is 11.5 Å². The summed E-state index contributed by atoms with van der Waals surface area (Å²) >= 11 is 7.08. The Labute approximate surface area is 104 Å². The average molecular weight is 261 g/mol. The lowest BCUT2D eigenvalue weighted by atomic mass is 10.3. The number of alkyl halides is 1. The molecule has 1 atom stereocenters. The molecule has 0 spiro atoms. The summed E-state index contributed by atoms with van der Waals surface area (Å²) in [5, 5.41) is 9.35. The molecule has 0 aliphatic carbocycles. The van der Waals surface area contributed by atoms with Gasteiger partial charge in [0, 0.05) is 16.5 Å². The van der Waals surface area contributed by atoms with Crippen molar-refractivity contribution in [2.75, 3.05) is 24.8 Å². The molecule has 0 aromatic heterocycles. The maximum atomic E-state index is 9.35. The summed E-state index contributed by atoms with van der Waals surface area (Å²) in [6.07, 6.45) is -0.472. The molecule has 0 saturated carbocycles. The van der Waals surface area contributed by atoms with Gasteiger partial charge in [0.25, 0.3) is 0 Å². The Kier molecular flexibility index (Phi) is 4.21. The van der Waals surface area contributed by atoms with E-state index < -0.39 is 6.10 Å². The average Bonchev–Trinajstić information content (AvgIpc) is 2.35. The largest absolute Gasteiger partial charge is 0.486 e. The van der Waals surface area contributed by atoms with Crippen LogP contribution in [0.2, 0.25) is 0 Å². The zero-order valence-electron chi connectivity index (χ0n) is 8.69. The minimum absolute atomic E-state index is 0.261. The van der Waals surface area contributed by atoms with Gasteiger partial charge in [-0.05, 0) is 18.2 Å². The predicted octanol–water partition coefficient (Wildman–Crippen LogP) is 2.15. The number of fused-ring (bicyclic) bond motifs is 1. The summed E-state index contributed by atoms with van der Waals surface area (Å²) in [5.74, 6) is 2.41. The Morgan fingerprint density at radius 3 is 2.81 bits per heavy atom. The smallest absolute Gasteiger partial charge is 0.162 e. The van der Waals surface area contributed by atoms with Crippen molar-refractivity contribution >= 4 is 23.4 Å². The van der Waals surface area contributed by atoms with Crippen LogP contribution in [-0.2, 0) is 0 Å². The van der Waals surface area contributed by atoms with Gasteiger partial charge in [-0.3, -0.25) is 0 Å². The molecular formula is C11H13ClO3S. The van der Waals surface area contributed by atoms with Crippen LogP contribution in [0.3, 0.4) is 0 Å². The van der Waals surface area contributed by atoms with Crippen molar-refractivity contribution in [3.05, 3.63) is 18.2 Å². The number of ether oxygens (including phenoxy) is 2. The third-order valence-corrected chi connectivity index (χ3v) is 3.63. The molecule has 88 valence electrons. The van der Waals surface area contributed by atoms with Crippen LogP contribution in [0.4, 0.5) is 0 Å². The summed E-state index contributed by atoms with van der Waals surface area (Å²) in [7, 11) is 0. The molecule has 0 radical (unpaired) electrons. The highest BCUT2D eigenvalue weighted by Crippen LogP contribution is 2.34. The van der Waals surface area contributed by atoms with Crippen molar-refractivity contribution in [3.63, 3.8) is 0 Å². The van der Waals surface area contributed by atoms with Crippen molar-refractivity contribution < 1.29 is 14.6 Å². The Balaban J connectivity index is 2.00. The van der Waals surface area contributed by atoms with Gasteiger partial charge in [-0.15, -0.1) is 23.4 Å². The van der Waals surface area contributed by atoms with Gasteiger partial charge in [-0.1, -0.05) is 0 Å². The molecule has 1 unspecified atom stereocenters. The Hall–Kier alpha value is -0.580. The van der Waals surface area contributed by atoms with Crippen LogP contribution in [-0.4, -0.2) is 36.1 Å². The van der Waals surface area contributed by atoms with Crippen LogP contribution in [0.5, 0.6) is 11.5 Å². The second kappa shape index (κ2) is 5.66. The lowest BCUT2D eigenvalue weighted by Crippen LogP contribution is -2.15. The third-order valence-electron chi connectivity index (χ3n) is 2.13. The topological polar surface area (TPSA) is 38.7 Å². The molecule has 0 amide bonds. The maximum absolute atomic E-state index is 9.35. The van der Waals surface area contributed by atoms with Crippen molar-refractivity contribution in [2.24, 2.45) is 0 Å². The van der Waals surface area contributed by atoms with Crippen molar-refractivity contribution in [2.45, 2.75) is 11.0 Å². The van der Waals surface area contributed by atoms with Crippen LogP contribution in [0, 0.1) is 0 Å². The molecule has 16 heavy (non-hydrogen) atoms. The fourth-order valence-corrected chi connectivity index (χ4v) is 2.45. The fourth-order valence-electron chi connectivity index (χ4n) is 1.35. The van der Waals surface area contributed by atoms with Crippen LogP contribution in [0.1, 0.15) is 0 Å². The van der Waals surface area contributed by atoms with E-state index in [2.05, 4.69) is 0 Å². The Morgan fingerprint density at radius 2 is 2.06 bits per heavy atom. The first-order chi connectivity index (χ1) is 7.79. The first-order valence-corrected chi connectivity index (χ1v) is 6.58. The zero-order valence-corrected chi connectivity index (χ0v) is 10.3. The standard InChI is InChI=1S/C11H13ClO3S/c12-6-8(13)7-16-9-1-2-10-11(5-9)15-4-3-14-10/h1-2,5,8,13H,3-4,6-7H2. The molecule has 1 aliphatic rings. The second-order valence-electron chi connectivity index (χ2n) is 3.42.